The molecule has 0 radical (unpaired) electrons. The molecule has 0 aliphatic rings. The van der Waals surface area contributed by atoms with Gasteiger partial charge in [0.1, 0.15) is 0 Å². The molecule has 0 saturated carbocycles. The lowest BCUT2D eigenvalue weighted by Crippen LogP contribution is -2.18. The zero-order chi connectivity index (χ0) is 14.9. The number of ether oxygens (including phenoxy) is 3. The standard InChI is InChI=1S/C7H16O4.C5H12O3.6CH4/c1-7(11-5-3-9)6-10-4-2-8;1-5(4-7)8-3-2-6;;;;;;/h7-9H,2-6H2,1H3;5-7H,2-4H2,1H3;6*1H4. The molecular weight excluding hydrogens is 328 g/mol. The molecule has 25 heavy (non-hydrogen) atoms. The van der Waals surface area contributed by atoms with Crippen molar-refractivity contribution in [3.63, 3.8) is 0 Å². The topological polar surface area (TPSA) is 109 Å². The molecule has 0 spiro atoms. The molecule has 0 aliphatic heterocycles. The predicted octanol–water partition coefficient (Wildman–Crippen LogP) is 2.59. The van der Waals surface area contributed by atoms with Gasteiger partial charge in [0.05, 0.1) is 65.1 Å². The number of aliphatic hydroxyl groups is 4. The molecule has 4 N–H and O–H groups in total. The highest BCUT2D eigenvalue weighted by Gasteiger charge is 2.00. The van der Waals surface area contributed by atoms with Gasteiger partial charge in [-0.15, -0.1) is 0 Å². The van der Waals surface area contributed by atoms with Crippen molar-refractivity contribution in [3.8, 4) is 0 Å². The molecule has 0 heterocycles. The number of hydrogen-bond acceptors (Lipinski definition) is 7. The molecule has 0 aromatic carbocycles. The van der Waals surface area contributed by atoms with E-state index in [0.29, 0.717) is 26.4 Å². The Hall–Kier alpha value is -0.280. The Morgan fingerprint density at radius 2 is 0.960 bits per heavy atom. The molecule has 0 aromatic heterocycles. The quantitative estimate of drug-likeness (QED) is 0.408. The van der Waals surface area contributed by atoms with Crippen LogP contribution in [0.2, 0.25) is 0 Å². The average Bonchev–Trinajstić information content (AvgIpc) is 2.43. The summed E-state index contributed by atoms with van der Waals surface area (Å²) in [6.07, 6.45) is -0.171. The second-order valence-corrected chi connectivity index (χ2v) is 3.79. The molecule has 0 rings (SSSR count). The van der Waals surface area contributed by atoms with E-state index in [9.17, 15) is 0 Å². The van der Waals surface area contributed by atoms with Crippen LogP contribution in [-0.2, 0) is 14.2 Å². The summed E-state index contributed by atoms with van der Waals surface area (Å²) in [4.78, 5) is 0. The molecule has 166 valence electrons. The highest BCUT2D eigenvalue weighted by molar-refractivity contribution is 4.46. The Labute approximate surface area is 159 Å². The average molecular weight is 381 g/mol. The Bertz CT molecular complexity index is 160. The lowest BCUT2D eigenvalue weighted by molar-refractivity contribution is -0.0246. The van der Waals surface area contributed by atoms with Gasteiger partial charge < -0.3 is 34.6 Å². The zero-order valence-electron chi connectivity index (χ0n) is 11.8. The van der Waals surface area contributed by atoms with Gasteiger partial charge in [-0.25, -0.2) is 0 Å². The fraction of sp³-hybridized carbons (Fsp3) is 1.00. The third-order valence-electron chi connectivity index (χ3n) is 1.83. The third-order valence-corrected chi connectivity index (χ3v) is 1.83. The molecule has 0 fully saturated rings. The molecule has 7 nitrogen and oxygen atoms in total. The smallest absolute Gasteiger partial charge is 0.0781 e. The fourth-order valence-electron chi connectivity index (χ4n) is 0.922. The third kappa shape index (κ3) is 51.6. The minimum atomic E-state index is -0.151. The van der Waals surface area contributed by atoms with Crippen molar-refractivity contribution in [2.24, 2.45) is 0 Å². The van der Waals surface area contributed by atoms with Crippen molar-refractivity contribution in [2.45, 2.75) is 70.6 Å². The van der Waals surface area contributed by atoms with E-state index in [4.69, 9.17) is 34.6 Å². The molecular formula is C18H52O7. The van der Waals surface area contributed by atoms with E-state index < -0.39 is 0 Å². The molecule has 0 aliphatic carbocycles. The summed E-state index contributed by atoms with van der Waals surface area (Å²) < 4.78 is 14.9. The first-order chi connectivity index (χ1) is 9.12. The summed E-state index contributed by atoms with van der Waals surface area (Å²) in [6, 6.07) is 0. The Kier molecular flexibility index (Phi) is 87.2. The predicted molar refractivity (Wildman–Crippen MR) is 110 cm³/mol. The molecule has 0 amide bonds. The van der Waals surface area contributed by atoms with Gasteiger partial charge in [-0.05, 0) is 13.8 Å². The molecule has 0 aromatic rings. The van der Waals surface area contributed by atoms with Crippen molar-refractivity contribution < 1.29 is 34.6 Å². The van der Waals surface area contributed by atoms with Gasteiger partial charge >= 0.3 is 0 Å². The van der Waals surface area contributed by atoms with Crippen molar-refractivity contribution in [3.05, 3.63) is 0 Å². The van der Waals surface area contributed by atoms with Crippen LogP contribution in [0.4, 0.5) is 0 Å². The van der Waals surface area contributed by atoms with Crippen LogP contribution in [0.5, 0.6) is 0 Å². The van der Waals surface area contributed by atoms with Crippen molar-refractivity contribution in [1.29, 1.82) is 0 Å². The van der Waals surface area contributed by atoms with E-state index in [2.05, 4.69) is 0 Å². The van der Waals surface area contributed by atoms with Crippen LogP contribution in [0.15, 0.2) is 0 Å². The monoisotopic (exact) mass is 380 g/mol. The van der Waals surface area contributed by atoms with Gasteiger partial charge in [-0.1, -0.05) is 44.6 Å². The van der Waals surface area contributed by atoms with Gasteiger partial charge in [0, 0.05) is 0 Å². The SMILES string of the molecule is C.C.C.C.C.C.CC(CO)OCCO.CC(COCCO)OCCO. The maximum Gasteiger partial charge on any atom is 0.0781 e. The van der Waals surface area contributed by atoms with Crippen LogP contribution in [0, 0.1) is 0 Å². The van der Waals surface area contributed by atoms with Gasteiger partial charge in [0.2, 0.25) is 0 Å². The summed E-state index contributed by atoms with van der Waals surface area (Å²) in [5, 5.41) is 33.3. The van der Waals surface area contributed by atoms with E-state index in [1.165, 1.54) is 0 Å². The van der Waals surface area contributed by atoms with Crippen LogP contribution < -0.4 is 0 Å². The maximum atomic E-state index is 8.38. The zero-order valence-corrected chi connectivity index (χ0v) is 11.8. The minimum Gasteiger partial charge on any atom is -0.394 e. The first-order valence-electron chi connectivity index (χ1n) is 6.36. The fourth-order valence-corrected chi connectivity index (χ4v) is 0.922. The summed E-state index contributed by atoms with van der Waals surface area (Å²) in [5.74, 6) is 0. The van der Waals surface area contributed by atoms with E-state index in [1.807, 2.05) is 6.92 Å². The first-order valence-corrected chi connectivity index (χ1v) is 6.36. The van der Waals surface area contributed by atoms with Gasteiger partial charge in [-0.2, -0.15) is 0 Å². The molecule has 0 bridgehead atoms. The van der Waals surface area contributed by atoms with Gasteiger partial charge in [0.25, 0.3) is 0 Å². The minimum absolute atomic E-state index is 0. The highest BCUT2D eigenvalue weighted by Crippen LogP contribution is 1.90. The largest absolute Gasteiger partial charge is 0.394 e. The number of aliphatic hydroxyl groups excluding tert-OH is 4. The lowest BCUT2D eigenvalue weighted by Gasteiger charge is -2.11. The lowest BCUT2D eigenvalue weighted by atomic mass is 10.4. The van der Waals surface area contributed by atoms with Crippen molar-refractivity contribution in [2.75, 3.05) is 52.9 Å². The van der Waals surface area contributed by atoms with E-state index in [1.54, 1.807) is 6.92 Å². The Morgan fingerprint density at radius 1 is 0.600 bits per heavy atom. The first kappa shape index (κ1) is 49.8. The highest BCUT2D eigenvalue weighted by atomic mass is 16.5. The molecule has 2 unspecified atom stereocenters. The van der Waals surface area contributed by atoms with E-state index in [-0.39, 0.29) is 83.2 Å². The Balaban J connectivity index is -0.0000000319. The van der Waals surface area contributed by atoms with Crippen LogP contribution in [0.25, 0.3) is 0 Å². The van der Waals surface area contributed by atoms with Crippen LogP contribution in [0.3, 0.4) is 0 Å². The molecule has 7 heteroatoms. The number of hydrogen-bond donors (Lipinski definition) is 4. The van der Waals surface area contributed by atoms with Crippen molar-refractivity contribution >= 4 is 0 Å². The summed E-state index contributed by atoms with van der Waals surface area (Å²) in [6.45, 7) is 5.14. The summed E-state index contributed by atoms with van der Waals surface area (Å²) in [7, 11) is 0. The van der Waals surface area contributed by atoms with Crippen LogP contribution in [-0.4, -0.2) is 85.5 Å². The molecule has 2 atom stereocenters. The maximum absolute atomic E-state index is 8.38. The second-order valence-electron chi connectivity index (χ2n) is 3.79. The Morgan fingerprint density at radius 3 is 1.28 bits per heavy atom. The van der Waals surface area contributed by atoms with Crippen LogP contribution in [0.1, 0.15) is 58.4 Å². The summed E-state index contributed by atoms with van der Waals surface area (Å²) >= 11 is 0. The summed E-state index contributed by atoms with van der Waals surface area (Å²) in [5.41, 5.74) is 0. The van der Waals surface area contributed by atoms with E-state index >= 15 is 0 Å². The van der Waals surface area contributed by atoms with Gasteiger partial charge in [-0.3, -0.25) is 0 Å². The molecule has 0 saturated heterocycles. The van der Waals surface area contributed by atoms with Crippen LogP contribution >= 0.6 is 0 Å². The van der Waals surface area contributed by atoms with E-state index in [0.717, 1.165) is 0 Å². The normalized spacial score (nSPS) is 10.3. The number of rotatable bonds is 11. The van der Waals surface area contributed by atoms with Crippen molar-refractivity contribution in [1.82, 2.24) is 0 Å². The van der Waals surface area contributed by atoms with Gasteiger partial charge in [0.15, 0.2) is 0 Å². The second kappa shape index (κ2) is 43.8.